The van der Waals surface area contributed by atoms with E-state index in [0.717, 1.165) is 0 Å². The maximum absolute atomic E-state index is 2.53. The highest BCUT2D eigenvalue weighted by Gasteiger charge is 2.56. The summed E-state index contributed by atoms with van der Waals surface area (Å²) in [6.07, 6.45) is 8.36. The summed E-state index contributed by atoms with van der Waals surface area (Å²) in [6, 6.07) is 0. The first-order chi connectivity index (χ1) is 6.83. The van der Waals surface area contributed by atoms with Gasteiger partial charge in [0, 0.05) is 0 Å². The van der Waals surface area contributed by atoms with Crippen molar-refractivity contribution in [3.8, 4) is 0 Å². The Bertz CT molecular complexity index is 212. The van der Waals surface area contributed by atoms with Gasteiger partial charge in [-0.1, -0.05) is 60.8 Å². The highest BCUT2D eigenvalue weighted by atomic mass is 14.6. The van der Waals surface area contributed by atoms with Crippen LogP contribution in [0.2, 0.25) is 0 Å². The minimum absolute atomic E-state index is 0.504. The molecule has 0 aromatic carbocycles. The van der Waals surface area contributed by atoms with Gasteiger partial charge in [-0.3, -0.25) is 0 Å². The van der Waals surface area contributed by atoms with Crippen molar-refractivity contribution in [3.63, 3.8) is 0 Å². The molecule has 0 bridgehead atoms. The minimum atomic E-state index is 0.504. The van der Waals surface area contributed by atoms with Crippen LogP contribution < -0.4 is 0 Å². The molecule has 0 saturated heterocycles. The Morgan fingerprint density at radius 3 is 1.80 bits per heavy atom. The molecule has 0 heterocycles. The summed E-state index contributed by atoms with van der Waals surface area (Å²) in [5, 5.41) is 0. The third-order valence-corrected chi connectivity index (χ3v) is 6.11. The lowest BCUT2D eigenvalue weighted by atomic mass is 9.57. The second kappa shape index (κ2) is 4.11. The maximum Gasteiger partial charge on any atom is -0.0247 e. The summed E-state index contributed by atoms with van der Waals surface area (Å²) in [7, 11) is 0. The summed E-state index contributed by atoms with van der Waals surface area (Å²) in [5.41, 5.74) is 1.65. The fraction of sp³-hybridized carbons (Fsp3) is 1.00. The first-order valence-corrected chi connectivity index (χ1v) is 6.83. The Hall–Kier alpha value is 0. The summed E-state index contributed by atoms with van der Waals surface area (Å²) in [6.45, 7) is 14.7. The molecule has 15 heavy (non-hydrogen) atoms. The standard InChI is InChI=1S/C15H30/c1-7-9-10-15(6)12-11-14(5,8-2)13(15,3)4/h7-12H2,1-6H3. The lowest BCUT2D eigenvalue weighted by molar-refractivity contribution is 0.0162. The Labute approximate surface area is 96.8 Å². The van der Waals surface area contributed by atoms with Crippen molar-refractivity contribution in [1.29, 1.82) is 0 Å². The molecule has 2 unspecified atom stereocenters. The third kappa shape index (κ3) is 1.85. The van der Waals surface area contributed by atoms with E-state index in [0.29, 0.717) is 16.2 Å². The van der Waals surface area contributed by atoms with Crippen molar-refractivity contribution in [1.82, 2.24) is 0 Å². The van der Waals surface area contributed by atoms with Crippen LogP contribution in [0.1, 0.15) is 80.1 Å². The van der Waals surface area contributed by atoms with Crippen LogP contribution in [0.25, 0.3) is 0 Å². The molecular formula is C15H30. The molecular weight excluding hydrogens is 180 g/mol. The van der Waals surface area contributed by atoms with Crippen LogP contribution in [-0.2, 0) is 0 Å². The fourth-order valence-electron chi connectivity index (χ4n) is 3.53. The molecule has 2 atom stereocenters. The fourth-order valence-corrected chi connectivity index (χ4v) is 3.53. The van der Waals surface area contributed by atoms with Crippen molar-refractivity contribution < 1.29 is 0 Å². The number of hydrogen-bond donors (Lipinski definition) is 0. The van der Waals surface area contributed by atoms with Gasteiger partial charge in [-0.25, -0.2) is 0 Å². The van der Waals surface area contributed by atoms with Crippen LogP contribution in [0.4, 0.5) is 0 Å². The predicted molar refractivity (Wildman–Crippen MR) is 69.0 cm³/mol. The summed E-state index contributed by atoms with van der Waals surface area (Å²) >= 11 is 0. The quantitative estimate of drug-likeness (QED) is 0.581. The van der Waals surface area contributed by atoms with Crippen LogP contribution in [0, 0.1) is 16.2 Å². The molecule has 0 aromatic heterocycles. The lowest BCUT2D eigenvalue weighted by Crippen LogP contribution is -2.39. The van der Waals surface area contributed by atoms with Gasteiger partial charge in [0.15, 0.2) is 0 Å². The zero-order valence-electron chi connectivity index (χ0n) is 11.7. The summed E-state index contributed by atoms with van der Waals surface area (Å²) in [4.78, 5) is 0. The van der Waals surface area contributed by atoms with E-state index >= 15 is 0 Å². The summed E-state index contributed by atoms with van der Waals surface area (Å²) < 4.78 is 0. The second-order valence-corrected chi connectivity index (χ2v) is 6.70. The molecule has 0 nitrogen and oxygen atoms in total. The molecule has 1 aliphatic carbocycles. The Morgan fingerprint density at radius 2 is 1.40 bits per heavy atom. The first kappa shape index (κ1) is 13.1. The van der Waals surface area contributed by atoms with Gasteiger partial charge < -0.3 is 0 Å². The van der Waals surface area contributed by atoms with E-state index in [2.05, 4.69) is 41.5 Å². The van der Waals surface area contributed by atoms with Gasteiger partial charge in [-0.05, 0) is 35.5 Å². The van der Waals surface area contributed by atoms with Gasteiger partial charge in [0.1, 0.15) is 0 Å². The third-order valence-electron chi connectivity index (χ3n) is 6.11. The maximum atomic E-state index is 2.53. The van der Waals surface area contributed by atoms with Crippen molar-refractivity contribution in [2.24, 2.45) is 16.2 Å². The number of hydrogen-bond acceptors (Lipinski definition) is 0. The molecule has 0 N–H and O–H groups in total. The summed E-state index contributed by atoms with van der Waals surface area (Å²) in [5.74, 6) is 0. The van der Waals surface area contributed by atoms with Gasteiger partial charge in [0.2, 0.25) is 0 Å². The molecule has 0 aliphatic heterocycles. The van der Waals surface area contributed by atoms with Crippen LogP contribution >= 0.6 is 0 Å². The number of rotatable bonds is 4. The molecule has 0 aromatic rings. The van der Waals surface area contributed by atoms with Crippen LogP contribution in [0.3, 0.4) is 0 Å². The molecule has 0 spiro atoms. The smallest absolute Gasteiger partial charge is 0.0247 e. The lowest BCUT2D eigenvalue weighted by Gasteiger charge is -2.47. The largest absolute Gasteiger partial charge is 0.0654 e. The predicted octanol–water partition coefficient (Wildman–Crippen LogP) is 5.42. The first-order valence-electron chi connectivity index (χ1n) is 6.83. The van der Waals surface area contributed by atoms with E-state index < -0.39 is 0 Å². The molecule has 1 fully saturated rings. The topological polar surface area (TPSA) is 0 Å². The molecule has 1 rings (SSSR count). The van der Waals surface area contributed by atoms with Crippen molar-refractivity contribution >= 4 is 0 Å². The van der Waals surface area contributed by atoms with Gasteiger partial charge >= 0.3 is 0 Å². The molecule has 90 valence electrons. The van der Waals surface area contributed by atoms with E-state index in [1.165, 1.54) is 38.5 Å². The molecule has 1 aliphatic rings. The Kier molecular flexibility index (Phi) is 3.58. The van der Waals surface area contributed by atoms with E-state index in [4.69, 9.17) is 0 Å². The second-order valence-electron chi connectivity index (χ2n) is 6.70. The van der Waals surface area contributed by atoms with Crippen molar-refractivity contribution in [2.75, 3.05) is 0 Å². The van der Waals surface area contributed by atoms with E-state index in [1.807, 2.05) is 0 Å². The number of unbranched alkanes of at least 4 members (excludes halogenated alkanes) is 1. The van der Waals surface area contributed by atoms with Gasteiger partial charge in [-0.15, -0.1) is 0 Å². The van der Waals surface area contributed by atoms with E-state index in [-0.39, 0.29) is 0 Å². The van der Waals surface area contributed by atoms with E-state index in [1.54, 1.807) is 0 Å². The molecule has 1 saturated carbocycles. The monoisotopic (exact) mass is 210 g/mol. The zero-order chi connectivity index (χ0) is 11.7. The van der Waals surface area contributed by atoms with Crippen molar-refractivity contribution in [2.45, 2.75) is 80.1 Å². The normalized spacial score (nSPS) is 39.6. The van der Waals surface area contributed by atoms with Gasteiger partial charge in [-0.2, -0.15) is 0 Å². The van der Waals surface area contributed by atoms with Gasteiger partial charge in [0.25, 0.3) is 0 Å². The molecule has 0 heteroatoms. The average Bonchev–Trinajstić information content (AvgIpc) is 2.38. The van der Waals surface area contributed by atoms with Crippen LogP contribution in [0.5, 0.6) is 0 Å². The SMILES string of the molecule is CCCCC1(C)CCC(C)(CC)C1(C)C. The van der Waals surface area contributed by atoms with Crippen LogP contribution in [-0.4, -0.2) is 0 Å². The molecule has 0 amide bonds. The highest BCUT2D eigenvalue weighted by Crippen LogP contribution is 2.65. The Morgan fingerprint density at radius 1 is 0.867 bits per heavy atom. The van der Waals surface area contributed by atoms with E-state index in [9.17, 15) is 0 Å². The zero-order valence-corrected chi connectivity index (χ0v) is 11.7. The molecule has 0 radical (unpaired) electrons. The minimum Gasteiger partial charge on any atom is -0.0654 e. The average molecular weight is 210 g/mol. The Balaban J connectivity index is 2.86. The van der Waals surface area contributed by atoms with Crippen molar-refractivity contribution in [3.05, 3.63) is 0 Å². The van der Waals surface area contributed by atoms with Crippen LogP contribution in [0.15, 0.2) is 0 Å². The highest BCUT2D eigenvalue weighted by molar-refractivity contribution is 5.05. The van der Waals surface area contributed by atoms with Gasteiger partial charge in [0.05, 0.1) is 0 Å².